The largest absolute Gasteiger partial charge is 0.490 e. The first kappa shape index (κ1) is 24.9. The highest BCUT2D eigenvalue weighted by atomic mass is 31.3. The lowest BCUT2D eigenvalue weighted by molar-refractivity contribution is -0.0449. The molecule has 1 aromatic heterocycles. The molecule has 170 valence electrons. The van der Waals surface area contributed by atoms with Crippen molar-refractivity contribution in [1.82, 2.24) is 9.55 Å². The Labute approximate surface area is 166 Å². The van der Waals surface area contributed by atoms with Crippen molar-refractivity contribution in [3.8, 4) is 0 Å². The maximum Gasteiger partial charge on any atom is 0.490 e. The standard InChI is InChI=1S/C10H16N3O14P3/c11-9-5(3-14)2-13(10(16)12-9)8-1-6(15)7(25-8)4-24-29(20,21)27-30(22,23)26-28(17,18)19/h2-3,6-8,15H,1,4H2,(H,20,21)(H,22,23)(H2,11,12,16)(H2,17,18,19)/t6-,7-,8-/m1/s1. The van der Waals surface area contributed by atoms with Crippen LogP contribution in [0.5, 0.6) is 0 Å². The van der Waals surface area contributed by atoms with E-state index in [1.807, 2.05) is 0 Å². The lowest BCUT2D eigenvalue weighted by Gasteiger charge is -2.19. The molecule has 0 radical (unpaired) electrons. The number of aromatic nitrogens is 2. The predicted molar refractivity (Wildman–Crippen MR) is 92.6 cm³/mol. The normalized spacial score (nSPS) is 26.1. The third kappa shape index (κ3) is 6.85. The summed E-state index contributed by atoms with van der Waals surface area (Å²) in [6, 6.07) is 0. The van der Waals surface area contributed by atoms with Gasteiger partial charge < -0.3 is 35.2 Å². The highest BCUT2D eigenvalue weighted by Gasteiger charge is 2.43. The first-order chi connectivity index (χ1) is 13.6. The Bertz CT molecular complexity index is 1010. The molecular weight excluding hydrogens is 479 g/mol. The van der Waals surface area contributed by atoms with Gasteiger partial charge in [-0.2, -0.15) is 13.6 Å². The number of hydrogen-bond acceptors (Lipinski definition) is 12. The number of carbonyl (C=O) groups is 1. The van der Waals surface area contributed by atoms with Crippen LogP contribution in [0, 0.1) is 0 Å². The first-order valence-corrected chi connectivity index (χ1v) is 12.1. The molecule has 2 unspecified atom stereocenters. The zero-order valence-corrected chi connectivity index (χ0v) is 17.2. The van der Waals surface area contributed by atoms with Crippen LogP contribution in [0.25, 0.3) is 0 Å². The molecule has 0 spiro atoms. The van der Waals surface area contributed by atoms with E-state index in [0.29, 0.717) is 6.29 Å². The van der Waals surface area contributed by atoms with Crippen LogP contribution in [-0.2, 0) is 31.6 Å². The second-order valence-electron chi connectivity index (χ2n) is 5.71. The number of aldehydes is 1. The monoisotopic (exact) mass is 495 g/mol. The van der Waals surface area contributed by atoms with Crippen LogP contribution in [-0.4, -0.2) is 59.3 Å². The number of aliphatic hydroxyl groups is 1. The molecule has 17 nitrogen and oxygen atoms in total. The molecule has 20 heteroatoms. The van der Waals surface area contributed by atoms with Crippen LogP contribution in [0.2, 0.25) is 0 Å². The number of phosphoric acid groups is 3. The van der Waals surface area contributed by atoms with Gasteiger partial charge in [0.25, 0.3) is 0 Å². The number of ether oxygens (including phenoxy) is 1. The van der Waals surface area contributed by atoms with Crippen LogP contribution in [0.1, 0.15) is 23.0 Å². The van der Waals surface area contributed by atoms with Crippen LogP contribution in [0.3, 0.4) is 0 Å². The number of rotatable bonds is 9. The van der Waals surface area contributed by atoms with Crippen molar-refractivity contribution in [2.45, 2.75) is 24.9 Å². The molecule has 30 heavy (non-hydrogen) atoms. The second-order valence-corrected chi connectivity index (χ2v) is 10.1. The van der Waals surface area contributed by atoms with E-state index in [-0.39, 0.29) is 17.8 Å². The third-order valence-electron chi connectivity index (χ3n) is 3.47. The van der Waals surface area contributed by atoms with Gasteiger partial charge in [0.1, 0.15) is 18.1 Å². The van der Waals surface area contributed by atoms with Gasteiger partial charge in [0.05, 0.1) is 18.3 Å². The van der Waals surface area contributed by atoms with E-state index in [4.69, 9.17) is 25.2 Å². The van der Waals surface area contributed by atoms with Gasteiger partial charge in [0.2, 0.25) is 0 Å². The lowest BCUT2D eigenvalue weighted by atomic mass is 10.2. The van der Waals surface area contributed by atoms with Gasteiger partial charge in [-0.15, -0.1) is 0 Å². The molecule has 0 saturated carbocycles. The van der Waals surface area contributed by atoms with Gasteiger partial charge in [0, 0.05) is 12.6 Å². The Morgan fingerprint density at radius 3 is 2.43 bits per heavy atom. The van der Waals surface area contributed by atoms with Crippen molar-refractivity contribution >= 4 is 35.6 Å². The summed E-state index contributed by atoms with van der Waals surface area (Å²) in [4.78, 5) is 61.6. The van der Waals surface area contributed by atoms with Crippen molar-refractivity contribution in [3.63, 3.8) is 0 Å². The molecule has 0 amide bonds. The summed E-state index contributed by atoms with van der Waals surface area (Å²) in [6.07, 6.45) is -2.78. The number of nitrogen functional groups attached to an aromatic ring is 1. The summed E-state index contributed by atoms with van der Waals surface area (Å²) in [7, 11) is -16.7. The van der Waals surface area contributed by atoms with E-state index >= 15 is 0 Å². The number of phosphoric ester groups is 1. The molecule has 0 aromatic carbocycles. The number of carbonyl (C=O) groups excluding carboxylic acids is 1. The van der Waals surface area contributed by atoms with Crippen molar-refractivity contribution in [2.75, 3.05) is 12.3 Å². The maximum atomic E-state index is 11.9. The minimum absolute atomic E-state index is 0.135. The average Bonchev–Trinajstić information content (AvgIpc) is 2.90. The third-order valence-corrected chi connectivity index (χ3v) is 7.27. The number of nitrogens with zero attached hydrogens (tertiary/aromatic N) is 2. The van der Waals surface area contributed by atoms with Gasteiger partial charge in [0.15, 0.2) is 6.29 Å². The molecule has 1 aromatic rings. The van der Waals surface area contributed by atoms with Crippen LogP contribution in [0.15, 0.2) is 11.0 Å². The molecule has 2 rings (SSSR count). The van der Waals surface area contributed by atoms with Gasteiger partial charge >= 0.3 is 29.2 Å². The van der Waals surface area contributed by atoms with Gasteiger partial charge in [-0.3, -0.25) is 13.9 Å². The molecule has 0 bridgehead atoms. The zero-order chi connectivity index (χ0) is 22.9. The minimum Gasteiger partial charge on any atom is -0.390 e. The molecule has 1 fully saturated rings. The fourth-order valence-electron chi connectivity index (χ4n) is 2.30. The van der Waals surface area contributed by atoms with E-state index < -0.39 is 54.2 Å². The fraction of sp³-hybridized carbons (Fsp3) is 0.500. The maximum absolute atomic E-state index is 11.9. The topological polar surface area (TPSA) is 267 Å². The SMILES string of the molecule is Nc1nc(=O)n([C@H]2C[C@@H](O)[C@@H](COP(=O)(O)OP(=O)(O)OP(=O)(O)O)O2)cc1C=O. The van der Waals surface area contributed by atoms with E-state index in [1.54, 1.807) is 0 Å². The summed E-state index contributed by atoms with van der Waals surface area (Å²) in [5.74, 6) is -0.325. The Morgan fingerprint density at radius 2 is 1.87 bits per heavy atom. The molecule has 7 N–H and O–H groups in total. The Balaban J connectivity index is 2.05. The van der Waals surface area contributed by atoms with Crippen molar-refractivity contribution in [3.05, 3.63) is 22.2 Å². The quantitative estimate of drug-likeness (QED) is 0.170. The molecule has 1 saturated heterocycles. The first-order valence-electron chi connectivity index (χ1n) is 7.58. The zero-order valence-electron chi connectivity index (χ0n) is 14.5. The fourth-order valence-corrected chi connectivity index (χ4v) is 5.33. The van der Waals surface area contributed by atoms with Crippen LogP contribution >= 0.6 is 23.5 Å². The van der Waals surface area contributed by atoms with Crippen molar-refractivity contribution in [1.29, 1.82) is 0 Å². The Morgan fingerprint density at radius 1 is 1.23 bits per heavy atom. The lowest BCUT2D eigenvalue weighted by Crippen LogP contribution is -2.29. The van der Waals surface area contributed by atoms with E-state index in [9.17, 15) is 33.3 Å². The van der Waals surface area contributed by atoms with Crippen LogP contribution in [0.4, 0.5) is 5.82 Å². The Kier molecular flexibility index (Phi) is 7.52. The smallest absolute Gasteiger partial charge is 0.390 e. The highest BCUT2D eigenvalue weighted by Crippen LogP contribution is 2.66. The van der Waals surface area contributed by atoms with Gasteiger partial charge in [-0.05, 0) is 0 Å². The highest BCUT2D eigenvalue weighted by molar-refractivity contribution is 7.66. The number of nitrogens with two attached hydrogens (primary N) is 1. The van der Waals surface area contributed by atoms with Crippen molar-refractivity contribution in [2.24, 2.45) is 0 Å². The number of aliphatic hydroxyl groups excluding tert-OH is 1. The molecule has 2 heterocycles. The average molecular weight is 495 g/mol. The number of hydrogen-bond donors (Lipinski definition) is 6. The summed E-state index contributed by atoms with van der Waals surface area (Å²) in [6.45, 7) is -0.918. The molecule has 1 aliphatic heterocycles. The predicted octanol–water partition coefficient (Wildman–Crippen LogP) is -1.37. The van der Waals surface area contributed by atoms with E-state index in [2.05, 4.69) is 18.1 Å². The molecule has 5 atom stereocenters. The van der Waals surface area contributed by atoms with Gasteiger partial charge in [-0.25, -0.2) is 18.5 Å². The Hall–Kier alpha value is -1.32. The van der Waals surface area contributed by atoms with Gasteiger partial charge in [-0.1, -0.05) is 0 Å². The minimum atomic E-state index is -5.70. The summed E-state index contributed by atoms with van der Waals surface area (Å²) >= 11 is 0. The second kappa shape index (κ2) is 9.04. The summed E-state index contributed by atoms with van der Waals surface area (Å²) in [5.41, 5.74) is 4.35. The molecular formula is C10H16N3O14P3. The van der Waals surface area contributed by atoms with E-state index in [1.165, 1.54) is 0 Å². The number of anilines is 1. The van der Waals surface area contributed by atoms with E-state index in [0.717, 1.165) is 10.8 Å². The summed E-state index contributed by atoms with van der Waals surface area (Å²) < 4.78 is 51.1. The molecule has 0 aliphatic carbocycles. The van der Waals surface area contributed by atoms with Crippen LogP contribution < -0.4 is 11.4 Å². The summed E-state index contributed by atoms with van der Waals surface area (Å²) in [5, 5.41) is 10.00. The van der Waals surface area contributed by atoms with Crippen molar-refractivity contribution < 1.29 is 61.1 Å². The molecule has 1 aliphatic rings.